The Hall–Kier alpha value is -2.38. The minimum atomic E-state index is -0.533. The number of amides is 2. The van der Waals surface area contributed by atoms with Crippen molar-refractivity contribution in [1.82, 2.24) is 14.4 Å². The number of carbonyl (C=O) groups excluding carboxylic acids is 2. The molecular formula is C20H21ClFN3O3. The summed E-state index contributed by atoms with van der Waals surface area (Å²) in [5.74, 6) is -0.797. The van der Waals surface area contributed by atoms with Crippen molar-refractivity contribution in [3.63, 3.8) is 0 Å². The van der Waals surface area contributed by atoms with Crippen molar-refractivity contribution in [1.29, 1.82) is 0 Å². The van der Waals surface area contributed by atoms with E-state index in [9.17, 15) is 19.1 Å². The molecule has 0 radical (unpaired) electrons. The molecule has 0 spiro atoms. The molecule has 1 N–H and O–H groups in total. The molecule has 2 saturated heterocycles. The molecule has 6 nitrogen and oxygen atoms in total. The van der Waals surface area contributed by atoms with Crippen molar-refractivity contribution in [3.05, 3.63) is 58.6 Å². The molecule has 1 aromatic heterocycles. The number of carbonyl (C=O) groups is 2. The van der Waals surface area contributed by atoms with E-state index in [1.807, 2.05) is 6.07 Å². The zero-order valence-corrected chi connectivity index (χ0v) is 16.1. The van der Waals surface area contributed by atoms with E-state index in [0.29, 0.717) is 35.9 Å². The Bertz CT molecular complexity index is 931. The summed E-state index contributed by atoms with van der Waals surface area (Å²) >= 11 is 6.05. The van der Waals surface area contributed by atoms with Crippen molar-refractivity contribution >= 4 is 23.4 Å². The second-order valence-electron chi connectivity index (χ2n) is 7.49. The van der Waals surface area contributed by atoms with Gasteiger partial charge in [-0.1, -0.05) is 23.7 Å². The predicted octanol–water partition coefficient (Wildman–Crippen LogP) is 2.08. The van der Waals surface area contributed by atoms with Crippen molar-refractivity contribution in [2.45, 2.75) is 6.04 Å². The van der Waals surface area contributed by atoms with Crippen LogP contribution in [0, 0.1) is 17.7 Å². The van der Waals surface area contributed by atoms with Crippen LogP contribution in [0.25, 0.3) is 0 Å². The number of fused-ring (bicyclic) bond motifs is 1. The molecule has 148 valence electrons. The maximum atomic E-state index is 13.9. The fourth-order valence-corrected chi connectivity index (χ4v) is 4.81. The lowest BCUT2D eigenvalue weighted by Crippen LogP contribution is -2.38. The second kappa shape index (κ2) is 7.22. The highest BCUT2D eigenvalue weighted by atomic mass is 35.5. The Morgan fingerprint density at radius 1 is 1.25 bits per heavy atom. The van der Waals surface area contributed by atoms with Crippen molar-refractivity contribution in [2.75, 3.05) is 26.2 Å². The topological polar surface area (TPSA) is 65.8 Å². The maximum Gasteiger partial charge on any atom is 0.271 e. The highest BCUT2D eigenvalue weighted by Gasteiger charge is 2.50. The average molecular weight is 406 g/mol. The third kappa shape index (κ3) is 3.18. The smallest absolute Gasteiger partial charge is 0.271 e. The van der Waals surface area contributed by atoms with Crippen LogP contribution in [0.4, 0.5) is 4.39 Å². The largest absolute Gasteiger partial charge is 0.387 e. The first-order chi connectivity index (χ1) is 13.4. The van der Waals surface area contributed by atoms with E-state index in [1.165, 1.54) is 12.1 Å². The molecule has 1 aromatic carbocycles. The number of hydrogen-bond donors (Lipinski definition) is 1. The maximum absolute atomic E-state index is 13.9. The number of hydrogen-bond acceptors (Lipinski definition) is 3. The predicted molar refractivity (Wildman–Crippen MR) is 101 cm³/mol. The quantitative estimate of drug-likeness (QED) is 0.850. The number of halogens is 2. The second-order valence-corrected chi connectivity index (χ2v) is 7.93. The van der Waals surface area contributed by atoms with Crippen molar-refractivity contribution in [2.24, 2.45) is 18.9 Å². The first kappa shape index (κ1) is 19.0. The summed E-state index contributed by atoms with van der Waals surface area (Å²) in [4.78, 5) is 28.6. The third-order valence-electron chi connectivity index (χ3n) is 5.79. The first-order valence-corrected chi connectivity index (χ1v) is 9.53. The number of nitrogens with zero attached hydrogens (tertiary/aromatic N) is 3. The Morgan fingerprint density at radius 2 is 2.04 bits per heavy atom. The van der Waals surface area contributed by atoms with Gasteiger partial charge in [0.25, 0.3) is 5.91 Å². The number of rotatable bonds is 3. The van der Waals surface area contributed by atoms with Gasteiger partial charge >= 0.3 is 0 Å². The average Bonchev–Trinajstić information content (AvgIpc) is 3.32. The van der Waals surface area contributed by atoms with Crippen LogP contribution < -0.4 is 0 Å². The van der Waals surface area contributed by atoms with E-state index in [1.54, 1.807) is 39.7 Å². The summed E-state index contributed by atoms with van der Waals surface area (Å²) in [5, 5.41) is 9.66. The van der Waals surface area contributed by atoms with E-state index < -0.39 is 6.61 Å². The molecule has 3 atom stereocenters. The lowest BCUT2D eigenvalue weighted by atomic mass is 9.89. The monoisotopic (exact) mass is 405 g/mol. The summed E-state index contributed by atoms with van der Waals surface area (Å²) in [5.41, 5.74) is 1.18. The van der Waals surface area contributed by atoms with E-state index in [-0.39, 0.29) is 35.5 Å². The molecule has 4 rings (SSSR count). The number of benzene rings is 1. The van der Waals surface area contributed by atoms with Crippen LogP contribution in [-0.2, 0) is 11.8 Å². The Labute approximate surface area is 167 Å². The minimum Gasteiger partial charge on any atom is -0.387 e. The highest BCUT2D eigenvalue weighted by molar-refractivity contribution is 6.31. The molecule has 0 bridgehead atoms. The Balaban J connectivity index is 1.70. The fourth-order valence-electron chi connectivity index (χ4n) is 4.56. The molecule has 28 heavy (non-hydrogen) atoms. The van der Waals surface area contributed by atoms with E-state index in [2.05, 4.69) is 0 Å². The molecule has 0 saturated carbocycles. The highest BCUT2D eigenvalue weighted by Crippen LogP contribution is 2.45. The molecule has 2 fully saturated rings. The van der Waals surface area contributed by atoms with Gasteiger partial charge in [0.1, 0.15) is 18.1 Å². The zero-order valence-electron chi connectivity index (χ0n) is 15.4. The van der Waals surface area contributed by atoms with Crippen LogP contribution >= 0.6 is 11.6 Å². The minimum absolute atomic E-state index is 0.0167. The molecule has 8 heteroatoms. The Kier molecular flexibility index (Phi) is 4.89. The van der Waals surface area contributed by atoms with Crippen LogP contribution in [0.2, 0.25) is 5.02 Å². The molecule has 2 aliphatic heterocycles. The van der Waals surface area contributed by atoms with Crippen LogP contribution in [0.3, 0.4) is 0 Å². The number of aromatic nitrogens is 1. The summed E-state index contributed by atoms with van der Waals surface area (Å²) < 4.78 is 15.6. The van der Waals surface area contributed by atoms with Crippen LogP contribution in [-0.4, -0.2) is 57.5 Å². The Morgan fingerprint density at radius 3 is 2.68 bits per heavy atom. The molecule has 2 aromatic rings. The number of aryl methyl sites for hydroxylation is 1. The molecule has 2 amide bonds. The first-order valence-electron chi connectivity index (χ1n) is 9.16. The van der Waals surface area contributed by atoms with Gasteiger partial charge in [-0.05, 0) is 23.8 Å². The van der Waals surface area contributed by atoms with Gasteiger partial charge in [-0.2, -0.15) is 0 Å². The van der Waals surface area contributed by atoms with Gasteiger partial charge in [0.05, 0.1) is 11.1 Å². The SMILES string of the molecule is Cn1cc(Cl)cc1C(=O)N1C[C@@H]2CN(C(=O)CO)C[C@@H]2[C@H]1c1cccc(F)c1. The summed E-state index contributed by atoms with van der Waals surface area (Å²) in [6.45, 7) is 0.841. The number of aliphatic hydroxyl groups is 1. The molecule has 0 unspecified atom stereocenters. The summed E-state index contributed by atoms with van der Waals surface area (Å²) in [6.07, 6.45) is 1.67. The van der Waals surface area contributed by atoms with Gasteiger partial charge in [-0.15, -0.1) is 0 Å². The number of aliphatic hydroxyl groups excluding tert-OH is 1. The normalized spacial score (nSPS) is 23.9. The zero-order chi connectivity index (χ0) is 20.0. The molecular weight excluding hydrogens is 385 g/mol. The van der Waals surface area contributed by atoms with Gasteiger partial charge < -0.3 is 19.5 Å². The van der Waals surface area contributed by atoms with Gasteiger partial charge in [0, 0.05) is 44.7 Å². The lowest BCUT2D eigenvalue weighted by Gasteiger charge is -2.30. The number of likely N-dealkylation sites (tertiary alicyclic amines) is 2. The van der Waals surface area contributed by atoms with E-state index in [4.69, 9.17) is 11.6 Å². The fraction of sp³-hybridized carbons (Fsp3) is 0.400. The van der Waals surface area contributed by atoms with Crippen LogP contribution in [0.5, 0.6) is 0 Å². The van der Waals surface area contributed by atoms with Gasteiger partial charge in [-0.3, -0.25) is 9.59 Å². The van der Waals surface area contributed by atoms with Crippen molar-refractivity contribution < 1.29 is 19.1 Å². The summed E-state index contributed by atoms with van der Waals surface area (Å²) in [6, 6.07) is 7.54. The molecule has 0 aliphatic carbocycles. The van der Waals surface area contributed by atoms with Gasteiger partial charge in [0.15, 0.2) is 0 Å². The van der Waals surface area contributed by atoms with E-state index in [0.717, 1.165) is 0 Å². The van der Waals surface area contributed by atoms with Crippen LogP contribution in [0.15, 0.2) is 36.5 Å². The van der Waals surface area contributed by atoms with E-state index >= 15 is 0 Å². The third-order valence-corrected chi connectivity index (χ3v) is 6.00. The lowest BCUT2D eigenvalue weighted by molar-refractivity contribution is -0.133. The molecule has 3 heterocycles. The van der Waals surface area contributed by atoms with Crippen LogP contribution in [0.1, 0.15) is 22.1 Å². The summed E-state index contributed by atoms with van der Waals surface area (Å²) in [7, 11) is 1.76. The van der Waals surface area contributed by atoms with Gasteiger partial charge in [0.2, 0.25) is 5.91 Å². The van der Waals surface area contributed by atoms with Gasteiger partial charge in [-0.25, -0.2) is 4.39 Å². The van der Waals surface area contributed by atoms with Crippen molar-refractivity contribution in [3.8, 4) is 0 Å². The molecule has 2 aliphatic rings. The standard InChI is InChI=1S/C20H21ClFN3O3/c1-23-9-14(21)6-17(23)20(28)25-8-13-7-24(18(27)11-26)10-16(13)19(25)12-3-2-4-15(22)5-12/h2-6,9,13,16,19,26H,7-8,10-11H2,1H3/t13-,16-,19+/m0/s1.